The maximum absolute atomic E-state index is 10.9. The van der Waals surface area contributed by atoms with Crippen LogP contribution in [0.15, 0.2) is 52.4 Å². The summed E-state index contributed by atoms with van der Waals surface area (Å²) in [6.45, 7) is 1.30. The number of carboxylic acid groups (broad SMARTS) is 1. The van der Waals surface area contributed by atoms with Crippen LogP contribution in [0.3, 0.4) is 0 Å². The van der Waals surface area contributed by atoms with Gasteiger partial charge in [-0.05, 0) is 36.9 Å². The van der Waals surface area contributed by atoms with Crippen molar-refractivity contribution in [2.75, 3.05) is 13.2 Å². The van der Waals surface area contributed by atoms with Gasteiger partial charge >= 0.3 is 5.97 Å². The molecule has 6 nitrogen and oxygen atoms in total. The highest BCUT2D eigenvalue weighted by molar-refractivity contribution is 7.13. The molecular formula is C22H24N2O4S. The van der Waals surface area contributed by atoms with E-state index in [9.17, 15) is 4.79 Å². The normalized spacial score (nSPS) is 17.7. The van der Waals surface area contributed by atoms with Crippen molar-refractivity contribution >= 4 is 17.3 Å². The fourth-order valence-corrected chi connectivity index (χ4v) is 4.48. The zero-order valence-corrected chi connectivity index (χ0v) is 16.9. The lowest BCUT2D eigenvalue weighted by atomic mass is 10.0. The third-order valence-electron chi connectivity index (χ3n) is 5.19. The van der Waals surface area contributed by atoms with E-state index in [0.717, 1.165) is 47.7 Å². The predicted octanol–water partition coefficient (Wildman–Crippen LogP) is 4.98. The lowest BCUT2D eigenvalue weighted by Crippen LogP contribution is -2.28. The Bertz CT molecular complexity index is 938. The van der Waals surface area contributed by atoms with Crippen LogP contribution in [0.5, 0.6) is 5.75 Å². The zero-order valence-electron chi connectivity index (χ0n) is 16.1. The van der Waals surface area contributed by atoms with Crippen molar-refractivity contribution in [3.05, 3.63) is 59.1 Å². The summed E-state index contributed by atoms with van der Waals surface area (Å²) in [5, 5.41) is 15.4. The van der Waals surface area contributed by atoms with Gasteiger partial charge in [-0.3, -0.25) is 4.90 Å². The Balaban J connectivity index is 1.56. The summed E-state index contributed by atoms with van der Waals surface area (Å²) in [5.41, 5.74) is 1.95. The first-order valence-corrected chi connectivity index (χ1v) is 10.8. The number of carbonyl (C=O) groups is 1. The summed E-state index contributed by atoms with van der Waals surface area (Å²) in [4.78, 5) is 14.4. The molecule has 1 atom stereocenters. The van der Waals surface area contributed by atoms with E-state index in [1.165, 1.54) is 6.42 Å². The van der Waals surface area contributed by atoms with Crippen LogP contribution in [0.2, 0.25) is 0 Å². The van der Waals surface area contributed by atoms with E-state index in [-0.39, 0.29) is 12.6 Å². The number of hydrogen-bond acceptors (Lipinski definition) is 6. The van der Waals surface area contributed by atoms with Crippen LogP contribution in [-0.2, 0) is 11.3 Å². The summed E-state index contributed by atoms with van der Waals surface area (Å²) >= 11 is 1.64. The zero-order chi connectivity index (χ0) is 20.1. The molecule has 1 aromatic carbocycles. The Morgan fingerprint density at radius 1 is 1.24 bits per heavy atom. The van der Waals surface area contributed by atoms with Gasteiger partial charge in [0.2, 0.25) is 0 Å². The SMILES string of the molecule is O=C(O)COc1ccccc1CN1CCCCCC1c1cc(-c2cccs2)on1. The van der Waals surface area contributed by atoms with Crippen LogP contribution in [-0.4, -0.2) is 34.3 Å². The van der Waals surface area contributed by atoms with E-state index in [1.54, 1.807) is 11.3 Å². The van der Waals surface area contributed by atoms with Crippen molar-refractivity contribution in [2.24, 2.45) is 0 Å². The molecule has 1 unspecified atom stereocenters. The lowest BCUT2D eigenvalue weighted by molar-refractivity contribution is -0.139. The Kier molecular flexibility index (Phi) is 6.27. The summed E-state index contributed by atoms with van der Waals surface area (Å²) in [7, 11) is 0. The quantitative estimate of drug-likeness (QED) is 0.590. The molecular weight excluding hydrogens is 388 g/mol. The second-order valence-electron chi connectivity index (χ2n) is 7.22. The fraction of sp³-hybridized carbons (Fsp3) is 0.364. The minimum absolute atomic E-state index is 0.169. The molecule has 0 radical (unpaired) electrons. The number of rotatable bonds is 7. The van der Waals surface area contributed by atoms with Gasteiger partial charge in [0.05, 0.1) is 10.9 Å². The van der Waals surface area contributed by atoms with Gasteiger partial charge in [-0.25, -0.2) is 4.79 Å². The van der Waals surface area contributed by atoms with E-state index in [1.807, 2.05) is 41.8 Å². The monoisotopic (exact) mass is 412 g/mol. The third kappa shape index (κ3) is 4.86. The van der Waals surface area contributed by atoms with Gasteiger partial charge in [-0.1, -0.05) is 42.3 Å². The largest absolute Gasteiger partial charge is 0.482 e. The van der Waals surface area contributed by atoms with Gasteiger partial charge in [0, 0.05) is 18.2 Å². The number of ether oxygens (including phenoxy) is 1. The molecule has 1 aliphatic heterocycles. The molecule has 1 aliphatic rings. The predicted molar refractivity (Wildman–Crippen MR) is 111 cm³/mol. The molecule has 3 aromatic rings. The Morgan fingerprint density at radius 3 is 2.97 bits per heavy atom. The summed E-state index contributed by atoms with van der Waals surface area (Å²) in [6.07, 6.45) is 4.50. The first kappa shape index (κ1) is 19.7. The summed E-state index contributed by atoms with van der Waals surface area (Å²) < 4.78 is 11.1. The fourth-order valence-electron chi connectivity index (χ4n) is 3.81. The highest BCUT2D eigenvalue weighted by Gasteiger charge is 2.27. The number of thiophene rings is 1. The average Bonchev–Trinajstić information content (AvgIpc) is 3.37. The van der Waals surface area contributed by atoms with E-state index < -0.39 is 5.97 Å². The number of likely N-dealkylation sites (tertiary alicyclic amines) is 1. The first-order valence-electron chi connectivity index (χ1n) is 9.88. The molecule has 0 bridgehead atoms. The molecule has 0 spiro atoms. The molecule has 4 rings (SSSR count). The third-order valence-corrected chi connectivity index (χ3v) is 6.08. The molecule has 1 N–H and O–H groups in total. The molecule has 0 saturated carbocycles. The highest BCUT2D eigenvalue weighted by Crippen LogP contribution is 2.35. The van der Waals surface area contributed by atoms with Crippen molar-refractivity contribution in [1.29, 1.82) is 0 Å². The van der Waals surface area contributed by atoms with Crippen LogP contribution >= 0.6 is 11.3 Å². The van der Waals surface area contributed by atoms with Gasteiger partial charge in [-0.15, -0.1) is 11.3 Å². The van der Waals surface area contributed by atoms with E-state index >= 15 is 0 Å². The maximum Gasteiger partial charge on any atom is 0.341 e. The molecule has 152 valence electrons. The van der Waals surface area contributed by atoms with Crippen molar-refractivity contribution in [3.8, 4) is 16.4 Å². The van der Waals surface area contributed by atoms with Gasteiger partial charge < -0.3 is 14.4 Å². The number of aromatic nitrogens is 1. The molecule has 0 aliphatic carbocycles. The van der Waals surface area contributed by atoms with Crippen molar-refractivity contribution in [1.82, 2.24) is 10.1 Å². The van der Waals surface area contributed by atoms with Crippen molar-refractivity contribution in [3.63, 3.8) is 0 Å². The number of nitrogens with zero attached hydrogens (tertiary/aromatic N) is 2. The topological polar surface area (TPSA) is 75.8 Å². The van der Waals surface area contributed by atoms with Gasteiger partial charge in [-0.2, -0.15) is 0 Å². The minimum Gasteiger partial charge on any atom is -0.482 e. The number of carboxylic acids is 1. The first-order chi connectivity index (χ1) is 14.2. The molecule has 1 saturated heterocycles. The van der Waals surface area contributed by atoms with Crippen molar-refractivity contribution < 1.29 is 19.2 Å². The molecule has 2 aromatic heterocycles. The van der Waals surface area contributed by atoms with Gasteiger partial charge in [0.25, 0.3) is 0 Å². The number of hydrogen-bond donors (Lipinski definition) is 1. The summed E-state index contributed by atoms with van der Waals surface area (Å²) in [6, 6.07) is 13.9. The standard InChI is InChI=1S/C22H24N2O4S/c25-22(26)15-27-19-9-4-3-7-16(19)14-24-11-5-1-2-8-18(24)17-13-20(28-23-17)21-10-6-12-29-21/h3-4,6-7,9-10,12-13,18H,1-2,5,8,11,14-15H2,(H,25,26). The van der Waals surface area contributed by atoms with Crippen LogP contribution in [0, 0.1) is 0 Å². The van der Waals surface area contributed by atoms with Crippen molar-refractivity contribution in [2.45, 2.75) is 38.3 Å². The Morgan fingerprint density at radius 2 is 2.14 bits per heavy atom. The molecule has 0 amide bonds. The average molecular weight is 413 g/mol. The van der Waals surface area contributed by atoms with E-state index in [0.29, 0.717) is 12.3 Å². The lowest BCUT2D eigenvalue weighted by Gasteiger charge is -2.29. The van der Waals surface area contributed by atoms with Gasteiger partial charge in [0.1, 0.15) is 11.4 Å². The molecule has 3 heterocycles. The molecule has 29 heavy (non-hydrogen) atoms. The minimum atomic E-state index is -0.976. The smallest absolute Gasteiger partial charge is 0.341 e. The second kappa shape index (κ2) is 9.24. The van der Waals surface area contributed by atoms with Crippen LogP contribution in [0.25, 0.3) is 10.6 Å². The van der Waals surface area contributed by atoms with E-state index in [2.05, 4.69) is 16.1 Å². The van der Waals surface area contributed by atoms with Crippen LogP contribution in [0.1, 0.15) is 43.0 Å². The number of para-hydroxylation sites is 1. The van der Waals surface area contributed by atoms with Gasteiger partial charge in [0.15, 0.2) is 12.4 Å². The van der Waals surface area contributed by atoms with Crippen LogP contribution in [0.4, 0.5) is 0 Å². The second-order valence-corrected chi connectivity index (χ2v) is 8.17. The number of aliphatic carboxylic acids is 1. The summed E-state index contributed by atoms with van der Waals surface area (Å²) in [5.74, 6) is 0.456. The number of benzene rings is 1. The Labute approximate surface area is 173 Å². The highest BCUT2D eigenvalue weighted by atomic mass is 32.1. The molecule has 1 fully saturated rings. The van der Waals surface area contributed by atoms with E-state index in [4.69, 9.17) is 14.4 Å². The maximum atomic E-state index is 10.9. The van der Waals surface area contributed by atoms with Crippen LogP contribution < -0.4 is 4.74 Å². The molecule has 7 heteroatoms. The Hall–Kier alpha value is -2.64.